The fourth-order valence-electron chi connectivity index (χ4n) is 8.00. The lowest BCUT2D eigenvalue weighted by molar-refractivity contribution is -0.346. The average molecular weight is 573 g/mol. The van der Waals surface area contributed by atoms with Crippen LogP contribution in [-0.4, -0.2) is 79.3 Å². The number of fused-ring (bicyclic) bond motifs is 3. The summed E-state index contributed by atoms with van der Waals surface area (Å²) in [5.74, 6) is -2.55. The van der Waals surface area contributed by atoms with Gasteiger partial charge in [-0.1, -0.05) is 44.5 Å². The highest BCUT2D eigenvalue weighted by atomic mass is 16.6. The first-order valence-corrected chi connectivity index (χ1v) is 14.2. The van der Waals surface area contributed by atoms with E-state index in [1.54, 1.807) is 37.3 Å². The van der Waals surface area contributed by atoms with Crippen LogP contribution in [0, 0.1) is 16.7 Å². The standard InChI is InChI=1S/C32H44O9/c1-10-32(36)27(40-28(35)20-14-12-11-13-15-20)25-30(7,26(34)24(38-9)23(18(2)3)29(32,5)6)21(37-8)16-22-31(25,17-39-22)41-19(4)33/h11-15,21-22,24-25,27,36H,10,16-17H2,1-9H3/t21-,22?,24+,25?,27-,30+,31-,32+/m0/s1. The van der Waals surface area contributed by atoms with Crippen LogP contribution in [0.25, 0.3) is 0 Å². The van der Waals surface area contributed by atoms with E-state index in [9.17, 15) is 19.5 Å². The number of rotatable bonds is 6. The molecule has 2 aliphatic carbocycles. The van der Waals surface area contributed by atoms with E-state index < -0.39 is 64.3 Å². The van der Waals surface area contributed by atoms with Gasteiger partial charge in [0.05, 0.1) is 29.6 Å². The van der Waals surface area contributed by atoms with Gasteiger partial charge in [0.15, 0.2) is 11.4 Å². The third-order valence-electron chi connectivity index (χ3n) is 10.1. The molecule has 0 aromatic heterocycles. The van der Waals surface area contributed by atoms with Crippen molar-refractivity contribution in [1.82, 2.24) is 0 Å². The van der Waals surface area contributed by atoms with Gasteiger partial charge >= 0.3 is 11.9 Å². The van der Waals surface area contributed by atoms with Crippen molar-refractivity contribution in [2.24, 2.45) is 16.7 Å². The van der Waals surface area contributed by atoms with Crippen LogP contribution in [0.1, 0.15) is 71.7 Å². The van der Waals surface area contributed by atoms with Crippen LogP contribution < -0.4 is 0 Å². The Hall–Kier alpha value is -2.59. The number of methoxy groups -OCH3 is 2. The lowest BCUT2D eigenvalue weighted by Gasteiger charge is -2.67. The monoisotopic (exact) mass is 572 g/mol. The van der Waals surface area contributed by atoms with Gasteiger partial charge < -0.3 is 28.8 Å². The third-order valence-corrected chi connectivity index (χ3v) is 10.1. The SMILES string of the molecule is CC[C@@]1(O)[C@@H](OC(=O)c2ccccc2)C2[C@]3(OC(C)=O)COC3C[C@H](OC)[C@@]2(C)C(=O)[C@H](OC)C(=C(C)C)C1(C)C. The fourth-order valence-corrected chi connectivity index (χ4v) is 8.00. The Balaban J connectivity index is 2.10. The summed E-state index contributed by atoms with van der Waals surface area (Å²) >= 11 is 0. The first kappa shape index (κ1) is 31.3. The van der Waals surface area contributed by atoms with Gasteiger partial charge in [-0.25, -0.2) is 4.79 Å². The zero-order valence-corrected chi connectivity index (χ0v) is 25.6. The van der Waals surface area contributed by atoms with Crippen LogP contribution in [0.4, 0.5) is 0 Å². The van der Waals surface area contributed by atoms with Crippen molar-refractivity contribution in [3.63, 3.8) is 0 Å². The molecule has 226 valence electrons. The number of aliphatic hydroxyl groups is 1. The molecule has 0 radical (unpaired) electrons. The molecule has 1 heterocycles. The number of hydrogen-bond donors (Lipinski definition) is 1. The summed E-state index contributed by atoms with van der Waals surface area (Å²) in [6.45, 7) is 12.3. The van der Waals surface area contributed by atoms with Crippen LogP contribution >= 0.6 is 0 Å². The van der Waals surface area contributed by atoms with Gasteiger partial charge in [0.2, 0.25) is 0 Å². The fraction of sp³-hybridized carbons (Fsp3) is 0.656. The zero-order valence-electron chi connectivity index (χ0n) is 25.6. The van der Waals surface area contributed by atoms with E-state index >= 15 is 0 Å². The van der Waals surface area contributed by atoms with E-state index in [1.807, 2.05) is 34.6 Å². The summed E-state index contributed by atoms with van der Waals surface area (Å²) in [5.41, 5.74) is -3.94. The molecular weight excluding hydrogens is 528 g/mol. The summed E-state index contributed by atoms with van der Waals surface area (Å²) in [5, 5.41) is 13.0. The minimum Gasteiger partial charge on any atom is -0.455 e. The Morgan fingerprint density at radius 2 is 1.68 bits per heavy atom. The number of ketones is 1. The van der Waals surface area contributed by atoms with Crippen LogP contribution in [0.3, 0.4) is 0 Å². The van der Waals surface area contributed by atoms with E-state index in [4.69, 9.17) is 23.7 Å². The van der Waals surface area contributed by atoms with Gasteiger partial charge in [0.25, 0.3) is 0 Å². The molecule has 1 N–H and O–H groups in total. The highest BCUT2D eigenvalue weighted by Crippen LogP contribution is 2.63. The van der Waals surface area contributed by atoms with Crippen molar-refractivity contribution < 1.29 is 43.2 Å². The average Bonchev–Trinajstić information content (AvgIpc) is 2.92. The number of ether oxygens (including phenoxy) is 5. The first-order chi connectivity index (χ1) is 19.2. The second kappa shape index (κ2) is 10.9. The van der Waals surface area contributed by atoms with Crippen molar-refractivity contribution >= 4 is 17.7 Å². The molecule has 41 heavy (non-hydrogen) atoms. The quantitative estimate of drug-likeness (QED) is 0.398. The Kier molecular flexibility index (Phi) is 8.34. The second-order valence-electron chi connectivity index (χ2n) is 12.6. The molecule has 3 fully saturated rings. The van der Waals surface area contributed by atoms with Gasteiger partial charge in [-0.2, -0.15) is 0 Å². The molecule has 0 amide bonds. The Labute approximate surface area is 242 Å². The molecule has 0 bridgehead atoms. The minimum atomic E-state index is -1.74. The van der Waals surface area contributed by atoms with Crippen molar-refractivity contribution in [1.29, 1.82) is 0 Å². The van der Waals surface area contributed by atoms with E-state index in [2.05, 4.69) is 0 Å². The van der Waals surface area contributed by atoms with Crippen LogP contribution in [0.2, 0.25) is 0 Å². The number of benzene rings is 1. The topological polar surface area (TPSA) is 118 Å². The van der Waals surface area contributed by atoms with Gasteiger partial charge in [0, 0.05) is 33.0 Å². The minimum absolute atomic E-state index is 0.0199. The molecular formula is C32H44O9. The Morgan fingerprint density at radius 1 is 1.05 bits per heavy atom. The van der Waals surface area contributed by atoms with E-state index in [0.29, 0.717) is 5.57 Å². The maximum Gasteiger partial charge on any atom is 0.338 e. The van der Waals surface area contributed by atoms with Crippen molar-refractivity contribution in [2.75, 3.05) is 20.8 Å². The lowest BCUT2D eigenvalue weighted by atomic mass is 9.46. The maximum absolute atomic E-state index is 14.9. The van der Waals surface area contributed by atoms with Crippen LogP contribution in [0.5, 0.6) is 0 Å². The molecule has 1 aliphatic heterocycles. The third kappa shape index (κ3) is 4.47. The highest BCUT2D eigenvalue weighted by Gasteiger charge is 2.77. The number of carbonyl (C=O) groups is 3. The molecule has 4 rings (SSSR count). The van der Waals surface area contributed by atoms with Crippen LogP contribution in [-0.2, 0) is 33.3 Å². The summed E-state index contributed by atoms with van der Waals surface area (Å²) in [4.78, 5) is 41.3. The van der Waals surface area contributed by atoms with Crippen molar-refractivity contribution in [2.45, 2.75) is 96.9 Å². The molecule has 1 aromatic rings. The van der Waals surface area contributed by atoms with E-state index in [1.165, 1.54) is 21.1 Å². The molecule has 9 nitrogen and oxygen atoms in total. The summed E-state index contributed by atoms with van der Waals surface area (Å²) in [7, 11) is 2.99. The molecule has 1 aromatic carbocycles. The van der Waals surface area contributed by atoms with Gasteiger partial charge in [-0.3, -0.25) is 9.59 Å². The lowest BCUT2D eigenvalue weighted by Crippen LogP contribution is -2.81. The molecule has 0 spiro atoms. The zero-order chi connectivity index (χ0) is 30.5. The number of hydrogen-bond acceptors (Lipinski definition) is 9. The number of carbonyl (C=O) groups excluding carboxylic acids is 3. The summed E-state index contributed by atoms with van der Waals surface area (Å²) in [6, 6.07) is 8.49. The molecule has 9 heteroatoms. The number of allylic oxidation sites excluding steroid dienone is 1. The first-order valence-electron chi connectivity index (χ1n) is 14.2. The van der Waals surface area contributed by atoms with Gasteiger partial charge in [0.1, 0.15) is 23.9 Å². The van der Waals surface area contributed by atoms with Crippen molar-refractivity contribution in [3.05, 3.63) is 47.0 Å². The smallest absolute Gasteiger partial charge is 0.338 e. The normalized spacial score (nSPS) is 38.0. The van der Waals surface area contributed by atoms with Crippen LogP contribution in [0.15, 0.2) is 41.5 Å². The second-order valence-corrected chi connectivity index (χ2v) is 12.6. The molecule has 8 atom stereocenters. The summed E-state index contributed by atoms with van der Waals surface area (Å²) < 4.78 is 30.3. The Morgan fingerprint density at radius 3 is 2.15 bits per heavy atom. The number of Topliss-reactive ketones (excluding diaryl/α,β-unsaturated/α-hetero) is 1. The number of esters is 2. The highest BCUT2D eigenvalue weighted by molar-refractivity contribution is 5.94. The van der Waals surface area contributed by atoms with Gasteiger partial charge in [-0.05, 0) is 44.9 Å². The van der Waals surface area contributed by atoms with Gasteiger partial charge in [-0.15, -0.1) is 0 Å². The largest absolute Gasteiger partial charge is 0.455 e. The molecule has 3 aliphatic rings. The molecule has 2 unspecified atom stereocenters. The summed E-state index contributed by atoms with van der Waals surface area (Å²) in [6.07, 6.45) is -3.27. The molecule has 1 saturated heterocycles. The predicted molar refractivity (Wildman–Crippen MR) is 150 cm³/mol. The van der Waals surface area contributed by atoms with Crippen molar-refractivity contribution in [3.8, 4) is 0 Å². The molecule has 2 saturated carbocycles. The predicted octanol–water partition coefficient (Wildman–Crippen LogP) is 4.06. The Bertz CT molecular complexity index is 1220. The maximum atomic E-state index is 14.9. The van der Waals surface area contributed by atoms with E-state index in [0.717, 1.165) is 5.57 Å². The van der Waals surface area contributed by atoms with E-state index in [-0.39, 0.29) is 30.8 Å².